The van der Waals surface area contributed by atoms with E-state index in [1.165, 1.54) is 0 Å². The summed E-state index contributed by atoms with van der Waals surface area (Å²) in [4.78, 5) is 14.3. The molecule has 10 nitrogen and oxygen atoms in total. The van der Waals surface area contributed by atoms with Gasteiger partial charge in [-0.3, -0.25) is 4.79 Å². The summed E-state index contributed by atoms with van der Waals surface area (Å²) in [6, 6.07) is 0. The van der Waals surface area contributed by atoms with Crippen LogP contribution in [0, 0.1) is 50.7 Å². The van der Waals surface area contributed by atoms with Gasteiger partial charge >= 0.3 is 5.97 Å². The third kappa shape index (κ3) is 4.46. The number of esters is 1. The maximum atomic E-state index is 14.3. The second-order valence-corrected chi connectivity index (χ2v) is 17.7. The molecular formula is C36H58O10. The number of ether oxygens (including phenoxy) is 2. The molecule has 10 heteroatoms. The molecule has 0 spiro atoms. The lowest BCUT2D eigenvalue weighted by atomic mass is 9.33. The zero-order valence-corrected chi connectivity index (χ0v) is 28.6. The largest absolute Gasteiger partial charge is 0.462 e. The van der Waals surface area contributed by atoms with Gasteiger partial charge in [0, 0.05) is 5.92 Å². The number of aliphatic hydroxyl groups is 7. The average Bonchev–Trinajstić information content (AvgIpc) is 2.98. The molecule has 0 bridgehead atoms. The number of carbonyl (C=O) groups is 1. The van der Waals surface area contributed by atoms with E-state index in [-0.39, 0.29) is 34.0 Å². The first-order valence-electron chi connectivity index (χ1n) is 17.5. The Bertz CT molecular complexity index is 1250. The molecule has 4 saturated carbocycles. The minimum atomic E-state index is -1.73. The number of hydrogen-bond donors (Lipinski definition) is 7. The van der Waals surface area contributed by atoms with Crippen molar-refractivity contribution in [2.75, 3.05) is 6.61 Å². The molecule has 0 aromatic rings. The summed E-state index contributed by atoms with van der Waals surface area (Å²) in [5, 5.41) is 75.0. The van der Waals surface area contributed by atoms with Crippen molar-refractivity contribution in [1.29, 1.82) is 0 Å². The van der Waals surface area contributed by atoms with Crippen LogP contribution in [0.5, 0.6) is 0 Å². The molecule has 6 rings (SSSR count). The monoisotopic (exact) mass is 650 g/mol. The molecule has 1 heterocycles. The highest BCUT2D eigenvalue weighted by molar-refractivity contribution is 5.79. The van der Waals surface area contributed by atoms with E-state index in [0.29, 0.717) is 25.7 Å². The average molecular weight is 651 g/mol. The van der Waals surface area contributed by atoms with E-state index in [2.05, 4.69) is 40.7 Å². The van der Waals surface area contributed by atoms with E-state index < -0.39 is 77.8 Å². The molecule has 5 aliphatic carbocycles. The molecule has 0 amide bonds. The van der Waals surface area contributed by atoms with Crippen LogP contribution in [0.25, 0.3) is 0 Å². The Morgan fingerprint density at radius 1 is 0.891 bits per heavy atom. The van der Waals surface area contributed by atoms with Gasteiger partial charge < -0.3 is 45.2 Å². The lowest BCUT2D eigenvalue weighted by molar-refractivity contribution is -0.288. The number of aliphatic hydroxyl groups excluding tert-OH is 6. The zero-order chi connectivity index (χ0) is 34.0. The van der Waals surface area contributed by atoms with Gasteiger partial charge in [-0.2, -0.15) is 0 Å². The molecule has 16 atom stereocenters. The molecule has 0 radical (unpaired) electrons. The van der Waals surface area contributed by atoms with Gasteiger partial charge in [0.25, 0.3) is 0 Å². The van der Waals surface area contributed by atoms with Crippen LogP contribution in [-0.4, -0.2) is 96.8 Å². The van der Waals surface area contributed by atoms with Crippen molar-refractivity contribution >= 4 is 5.97 Å². The summed E-state index contributed by atoms with van der Waals surface area (Å²) >= 11 is 0. The lowest BCUT2D eigenvalue weighted by Crippen LogP contribution is -2.69. The first-order chi connectivity index (χ1) is 21.2. The van der Waals surface area contributed by atoms with E-state index in [0.717, 1.165) is 31.3 Å². The van der Waals surface area contributed by atoms with Crippen molar-refractivity contribution in [3.63, 3.8) is 0 Å². The number of fused-ring (bicyclic) bond motifs is 7. The molecule has 1 saturated heterocycles. The highest BCUT2D eigenvalue weighted by Crippen LogP contribution is 2.76. The van der Waals surface area contributed by atoms with Crippen LogP contribution in [0.3, 0.4) is 0 Å². The van der Waals surface area contributed by atoms with Crippen LogP contribution in [0.15, 0.2) is 11.6 Å². The summed E-state index contributed by atoms with van der Waals surface area (Å²) in [5.74, 6) is -0.540. The highest BCUT2D eigenvalue weighted by atomic mass is 16.6. The summed E-state index contributed by atoms with van der Waals surface area (Å²) in [7, 11) is 0. The third-order valence-corrected chi connectivity index (χ3v) is 15.5. The number of carbonyl (C=O) groups excluding carboxylic acids is 1. The first kappa shape index (κ1) is 34.7. The summed E-state index contributed by atoms with van der Waals surface area (Å²) in [6.07, 6.45) is -1.47. The Hall–Kier alpha value is -1.11. The second-order valence-electron chi connectivity index (χ2n) is 17.7. The summed E-state index contributed by atoms with van der Waals surface area (Å²) in [6.45, 7) is 14.7. The van der Waals surface area contributed by atoms with Crippen molar-refractivity contribution in [2.45, 2.75) is 148 Å². The van der Waals surface area contributed by atoms with Gasteiger partial charge in [0.15, 0.2) is 6.29 Å². The third-order valence-electron chi connectivity index (χ3n) is 15.5. The van der Waals surface area contributed by atoms with Gasteiger partial charge in [-0.05, 0) is 97.7 Å². The summed E-state index contributed by atoms with van der Waals surface area (Å²) in [5.41, 5.74) is -2.19. The van der Waals surface area contributed by atoms with Gasteiger partial charge in [0.1, 0.15) is 31.0 Å². The maximum Gasteiger partial charge on any atom is 0.312 e. The van der Waals surface area contributed by atoms with Gasteiger partial charge in [0.05, 0.1) is 23.2 Å². The fourth-order valence-electron chi connectivity index (χ4n) is 12.3. The Kier molecular flexibility index (Phi) is 8.27. The first-order valence-corrected chi connectivity index (χ1v) is 17.5. The van der Waals surface area contributed by atoms with E-state index in [4.69, 9.17) is 9.47 Å². The quantitative estimate of drug-likeness (QED) is 0.177. The van der Waals surface area contributed by atoms with Gasteiger partial charge in [0.2, 0.25) is 0 Å². The molecule has 0 aromatic heterocycles. The molecule has 6 aliphatic rings. The van der Waals surface area contributed by atoms with E-state index in [1.54, 1.807) is 0 Å². The van der Waals surface area contributed by atoms with E-state index in [1.807, 2.05) is 13.8 Å². The predicted molar refractivity (Wildman–Crippen MR) is 168 cm³/mol. The lowest BCUT2D eigenvalue weighted by Gasteiger charge is -2.72. The highest BCUT2D eigenvalue weighted by Gasteiger charge is 2.72. The molecule has 46 heavy (non-hydrogen) atoms. The Morgan fingerprint density at radius 3 is 2.24 bits per heavy atom. The molecule has 262 valence electrons. The smallest absolute Gasteiger partial charge is 0.312 e. The van der Waals surface area contributed by atoms with Gasteiger partial charge in [-0.15, -0.1) is 0 Å². The Balaban J connectivity index is 1.35. The normalized spacial score (nSPS) is 56.4. The molecule has 5 fully saturated rings. The standard InChI is InChI=1S/C36H58O10/c1-18-10-13-36(30(43)45-17-21-24(38)25(39)26(40)29(42)46-21)15-14-33(5)19(27(36)35(18,7)44)8-9-23-32(4)16-20(37)28(41)31(2,3)22(32)11-12-34(23,33)6/h8,18,20-29,37-42,44H,9-17H2,1-7H3/t18-,20-,21-,22+,23-,24-,25+,26-,27+,28+,29-,32+,33-,34-,35-,36+/m1/s1. The fourth-order valence-corrected chi connectivity index (χ4v) is 12.3. The maximum absolute atomic E-state index is 14.3. The van der Waals surface area contributed by atoms with Crippen molar-refractivity contribution in [3.8, 4) is 0 Å². The van der Waals surface area contributed by atoms with Gasteiger partial charge in [-0.1, -0.05) is 53.2 Å². The van der Waals surface area contributed by atoms with Crippen LogP contribution in [0.2, 0.25) is 0 Å². The fraction of sp³-hybridized carbons (Fsp3) is 0.917. The van der Waals surface area contributed by atoms with E-state index >= 15 is 0 Å². The van der Waals surface area contributed by atoms with Crippen LogP contribution in [-0.2, 0) is 14.3 Å². The van der Waals surface area contributed by atoms with Gasteiger partial charge in [-0.25, -0.2) is 0 Å². The number of allylic oxidation sites excluding steroid dienone is 1. The SMILES string of the molecule is C[C@@H]1CC[C@]2(C(=O)OC[C@H]3O[C@@H](O)[C@H](O)[C@@H](O)[C@@H]3O)CC[C@]3(C)C(=CC[C@@H]4[C@@]5(C)C[C@@H](O)[C@H](O)C(C)(C)[C@@H]5CC[C@]43C)[C@H]2[C@]1(C)O. The van der Waals surface area contributed by atoms with Crippen LogP contribution >= 0.6 is 0 Å². The zero-order valence-electron chi connectivity index (χ0n) is 28.6. The molecule has 1 aliphatic heterocycles. The van der Waals surface area contributed by atoms with Crippen LogP contribution in [0.4, 0.5) is 0 Å². The second kappa shape index (κ2) is 10.9. The minimum absolute atomic E-state index is 0.0634. The predicted octanol–water partition coefficient (Wildman–Crippen LogP) is 2.43. The van der Waals surface area contributed by atoms with Crippen molar-refractivity contribution in [3.05, 3.63) is 11.6 Å². The number of rotatable bonds is 3. The molecule has 7 N–H and O–H groups in total. The Morgan fingerprint density at radius 2 is 1.57 bits per heavy atom. The molecular weight excluding hydrogens is 592 g/mol. The number of hydrogen-bond acceptors (Lipinski definition) is 10. The van der Waals surface area contributed by atoms with Crippen molar-refractivity contribution < 1.29 is 50.0 Å². The summed E-state index contributed by atoms with van der Waals surface area (Å²) < 4.78 is 11.2. The van der Waals surface area contributed by atoms with Crippen molar-refractivity contribution in [2.24, 2.45) is 50.7 Å². The van der Waals surface area contributed by atoms with Crippen LogP contribution in [0.1, 0.15) is 99.8 Å². The topological polar surface area (TPSA) is 177 Å². The van der Waals surface area contributed by atoms with E-state index in [9.17, 15) is 40.5 Å². The Labute approximate surface area is 273 Å². The van der Waals surface area contributed by atoms with Crippen LogP contribution < -0.4 is 0 Å². The molecule has 0 aromatic carbocycles. The van der Waals surface area contributed by atoms with Crippen molar-refractivity contribution in [1.82, 2.24) is 0 Å². The molecule has 0 unspecified atom stereocenters. The minimum Gasteiger partial charge on any atom is -0.462 e.